The normalized spacial score (nSPS) is 17.3. The van der Waals surface area contributed by atoms with Crippen LogP contribution in [0.2, 0.25) is 0 Å². The minimum absolute atomic E-state index is 0.0643. The first-order valence-corrected chi connectivity index (χ1v) is 10.1. The second-order valence-electron chi connectivity index (χ2n) is 7.97. The Bertz CT molecular complexity index is 968. The van der Waals surface area contributed by atoms with E-state index in [0.29, 0.717) is 18.0 Å². The van der Waals surface area contributed by atoms with Gasteiger partial charge >= 0.3 is 0 Å². The summed E-state index contributed by atoms with van der Waals surface area (Å²) in [7, 11) is 3.98. The number of nitrogens with one attached hydrogen (secondary N) is 1. The fourth-order valence-electron chi connectivity index (χ4n) is 3.84. The standard InChI is InChI=1S/C22H28N6O/c1-26(2)13-11-23-22(29)19-8-9-20-24-25-21(28(20)16-19)18-10-12-27(15-18)14-17-6-4-3-5-7-17/h3-9,16,18H,10-15H2,1-2H3,(H,23,29). The Hall–Kier alpha value is -2.77. The van der Waals surface area contributed by atoms with Gasteiger partial charge in [-0.2, -0.15) is 0 Å². The maximum absolute atomic E-state index is 12.5. The molecule has 3 aromatic rings. The molecule has 2 aromatic heterocycles. The summed E-state index contributed by atoms with van der Waals surface area (Å²) in [6.07, 6.45) is 2.92. The molecular formula is C22H28N6O. The first-order valence-electron chi connectivity index (χ1n) is 10.1. The highest BCUT2D eigenvalue weighted by Gasteiger charge is 2.27. The summed E-state index contributed by atoms with van der Waals surface area (Å²) in [5, 5.41) is 11.7. The first-order chi connectivity index (χ1) is 14.1. The predicted octanol–water partition coefficient (Wildman–Crippen LogP) is 2.01. The van der Waals surface area contributed by atoms with Crippen molar-refractivity contribution in [1.29, 1.82) is 0 Å². The van der Waals surface area contributed by atoms with Crippen molar-refractivity contribution in [3.8, 4) is 0 Å². The van der Waals surface area contributed by atoms with Crippen molar-refractivity contribution in [2.24, 2.45) is 0 Å². The lowest BCUT2D eigenvalue weighted by Gasteiger charge is -2.15. The molecule has 3 heterocycles. The third-order valence-corrected chi connectivity index (χ3v) is 5.42. The topological polar surface area (TPSA) is 65.8 Å². The van der Waals surface area contributed by atoms with E-state index in [4.69, 9.17) is 0 Å². The van der Waals surface area contributed by atoms with Crippen molar-refractivity contribution in [1.82, 2.24) is 29.7 Å². The van der Waals surface area contributed by atoms with Gasteiger partial charge in [0.2, 0.25) is 0 Å². The number of aromatic nitrogens is 3. The lowest BCUT2D eigenvalue weighted by atomic mass is 10.1. The third kappa shape index (κ3) is 4.63. The number of carbonyl (C=O) groups excluding carboxylic acids is 1. The molecule has 1 fully saturated rings. The van der Waals surface area contributed by atoms with Crippen LogP contribution in [0.15, 0.2) is 48.7 Å². The van der Waals surface area contributed by atoms with Crippen LogP contribution >= 0.6 is 0 Å². The molecule has 0 bridgehead atoms. The van der Waals surface area contributed by atoms with Crippen LogP contribution in [0.25, 0.3) is 5.65 Å². The molecule has 0 aliphatic carbocycles. The van der Waals surface area contributed by atoms with Gasteiger partial charge in [0.25, 0.3) is 5.91 Å². The molecule has 7 heteroatoms. The fourth-order valence-corrected chi connectivity index (χ4v) is 3.84. The molecule has 0 spiro atoms. The molecule has 1 aliphatic rings. The lowest BCUT2D eigenvalue weighted by molar-refractivity contribution is 0.0950. The van der Waals surface area contributed by atoms with Gasteiger partial charge < -0.3 is 10.2 Å². The van der Waals surface area contributed by atoms with Crippen molar-refractivity contribution in [2.45, 2.75) is 18.9 Å². The number of hydrogen-bond acceptors (Lipinski definition) is 5. The number of likely N-dealkylation sites (N-methyl/N-ethyl adjacent to an activating group) is 1. The largest absolute Gasteiger partial charge is 0.351 e. The van der Waals surface area contributed by atoms with Crippen LogP contribution in [0.4, 0.5) is 0 Å². The zero-order valence-electron chi connectivity index (χ0n) is 17.1. The molecule has 29 heavy (non-hydrogen) atoms. The molecule has 7 nitrogen and oxygen atoms in total. The third-order valence-electron chi connectivity index (χ3n) is 5.42. The smallest absolute Gasteiger partial charge is 0.252 e. The number of rotatable bonds is 7. The van der Waals surface area contributed by atoms with Gasteiger partial charge in [-0.15, -0.1) is 10.2 Å². The minimum Gasteiger partial charge on any atom is -0.351 e. The van der Waals surface area contributed by atoms with E-state index in [2.05, 4.69) is 44.7 Å². The van der Waals surface area contributed by atoms with Crippen LogP contribution in [0.1, 0.15) is 34.1 Å². The van der Waals surface area contributed by atoms with Gasteiger partial charge in [-0.3, -0.25) is 14.1 Å². The summed E-state index contributed by atoms with van der Waals surface area (Å²) >= 11 is 0. The molecule has 1 aliphatic heterocycles. The Morgan fingerprint density at radius 1 is 1.17 bits per heavy atom. The average Bonchev–Trinajstić information content (AvgIpc) is 3.34. The first kappa shape index (κ1) is 19.5. The van der Waals surface area contributed by atoms with Crippen molar-refractivity contribution in [3.63, 3.8) is 0 Å². The van der Waals surface area contributed by atoms with Gasteiger partial charge in [0.1, 0.15) is 5.82 Å². The number of hydrogen-bond donors (Lipinski definition) is 1. The van der Waals surface area contributed by atoms with Gasteiger partial charge in [0.15, 0.2) is 5.65 Å². The minimum atomic E-state index is -0.0643. The zero-order chi connectivity index (χ0) is 20.2. The second kappa shape index (κ2) is 8.71. The van der Waals surface area contributed by atoms with Crippen LogP contribution in [0.3, 0.4) is 0 Å². The van der Waals surface area contributed by atoms with Gasteiger partial charge in [-0.25, -0.2) is 0 Å². The molecular weight excluding hydrogens is 364 g/mol. The predicted molar refractivity (Wildman–Crippen MR) is 113 cm³/mol. The van der Waals surface area contributed by atoms with E-state index in [9.17, 15) is 4.79 Å². The number of benzene rings is 1. The van der Waals surface area contributed by atoms with E-state index in [1.807, 2.05) is 47.8 Å². The SMILES string of the molecule is CN(C)CCNC(=O)c1ccc2nnc(C3CCN(Cc4ccccc4)C3)n2c1. The molecule has 4 rings (SSSR count). The monoisotopic (exact) mass is 392 g/mol. The fraction of sp³-hybridized carbons (Fsp3) is 0.409. The van der Waals surface area contributed by atoms with Crippen LogP contribution in [0.5, 0.6) is 0 Å². The molecule has 1 unspecified atom stereocenters. The molecule has 1 saturated heterocycles. The van der Waals surface area contributed by atoms with Gasteiger partial charge in [-0.1, -0.05) is 30.3 Å². The number of amides is 1. The summed E-state index contributed by atoms with van der Waals surface area (Å²) in [5.74, 6) is 1.20. The quantitative estimate of drug-likeness (QED) is 0.666. The Labute approximate surface area is 171 Å². The van der Waals surface area contributed by atoms with Crippen LogP contribution in [-0.4, -0.2) is 70.6 Å². The molecule has 1 aromatic carbocycles. The number of pyridine rings is 1. The molecule has 0 saturated carbocycles. The summed E-state index contributed by atoms with van der Waals surface area (Å²) in [4.78, 5) is 17.0. The van der Waals surface area contributed by atoms with Crippen molar-refractivity contribution >= 4 is 11.6 Å². The Morgan fingerprint density at radius 3 is 2.79 bits per heavy atom. The highest BCUT2D eigenvalue weighted by molar-refractivity contribution is 5.94. The zero-order valence-corrected chi connectivity index (χ0v) is 17.1. The van der Waals surface area contributed by atoms with Crippen LogP contribution in [-0.2, 0) is 6.54 Å². The van der Waals surface area contributed by atoms with E-state index >= 15 is 0 Å². The molecule has 1 atom stereocenters. The molecule has 0 radical (unpaired) electrons. The Kier molecular flexibility index (Phi) is 5.87. The summed E-state index contributed by atoms with van der Waals surface area (Å²) < 4.78 is 1.98. The van der Waals surface area contributed by atoms with E-state index in [1.165, 1.54) is 5.56 Å². The average molecular weight is 393 g/mol. The molecule has 1 amide bonds. The molecule has 1 N–H and O–H groups in total. The van der Waals surface area contributed by atoms with Gasteiger partial charge in [-0.05, 0) is 44.8 Å². The van der Waals surface area contributed by atoms with Crippen molar-refractivity contribution in [2.75, 3.05) is 40.3 Å². The maximum Gasteiger partial charge on any atom is 0.252 e. The van der Waals surface area contributed by atoms with Crippen LogP contribution in [0, 0.1) is 0 Å². The summed E-state index contributed by atoms with van der Waals surface area (Å²) in [5.41, 5.74) is 2.75. The summed E-state index contributed by atoms with van der Waals surface area (Å²) in [6, 6.07) is 14.2. The van der Waals surface area contributed by atoms with Crippen molar-refractivity contribution in [3.05, 3.63) is 65.6 Å². The highest BCUT2D eigenvalue weighted by Crippen LogP contribution is 2.27. The van der Waals surface area contributed by atoms with Crippen LogP contribution < -0.4 is 5.32 Å². The summed E-state index contributed by atoms with van der Waals surface area (Å²) in [6.45, 7) is 4.38. The Morgan fingerprint density at radius 2 is 2.00 bits per heavy atom. The lowest BCUT2D eigenvalue weighted by Crippen LogP contribution is -2.31. The van der Waals surface area contributed by atoms with E-state index < -0.39 is 0 Å². The molecule has 152 valence electrons. The van der Waals surface area contributed by atoms with Crippen molar-refractivity contribution < 1.29 is 4.79 Å². The van der Waals surface area contributed by atoms with E-state index in [-0.39, 0.29) is 5.91 Å². The number of nitrogens with zero attached hydrogens (tertiary/aromatic N) is 5. The number of likely N-dealkylation sites (tertiary alicyclic amines) is 1. The second-order valence-corrected chi connectivity index (χ2v) is 7.97. The number of carbonyl (C=O) groups is 1. The van der Waals surface area contributed by atoms with E-state index in [1.54, 1.807) is 0 Å². The van der Waals surface area contributed by atoms with Gasteiger partial charge in [0.05, 0.1) is 5.56 Å². The van der Waals surface area contributed by atoms with Gasteiger partial charge in [0, 0.05) is 38.3 Å². The highest BCUT2D eigenvalue weighted by atomic mass is 16.1. The number of fused-ring (bicyclic) bond motifs is 1. The van der Waals surface area contributed by atoms with E-state index in [0.717, 1.165) is 44.1 Å². The maximum atomic E-state index is 12.5. The Balaban J connectivity index is 1.46.